The van der Waals surface area contributed by atoms with Crippen molar-refractivity contribution < 1.29 is 34.1 Å². The number of aromatic hydroxyl groups is 1. The van der Waals surface area contributed by atoms with Crippen LogP contribution in [0.5, 0.6) is 17.2 Å². The van der Waals surface area contributed by atoms with E-state index in [9.17, 15) is 24.6 Å². The zero-order valence-corrected chi connectivity index (χ0v) is 19.4. The van der Waals surface area contributed by atoms with Gasteiger partial charge in [0.2, 0.25) is 5.78 Å². The molecule has 33 heavy (non-hydrogen) atoms. The van der Waals surface area contributed by atoms with Crippen LogP contribution in [0.3, 0.4) is 0 Å². The Hall–Kier alpha value is -3.65. The Balaban J connectivity index is 1.71. The highest BCUT2D eigenvalue weighted by atomic mass is 79.9. The summed E-state index contributed by atoms with van der Waals surface area (Å²) in [7, 11) is 0. The van der Waals surface area contributed by atoms with Gasteiger partial charge >= 0.3 is 0 Å². The summed E-state index contributed by atoms with van der Waals surface area (Å²) in [5, 5.41) is 21.3. The third-order valence-electron chi connectivity index (χ3n) is 6.19. The predicted molar refractivity (Wildman–Crippen MR) is 121 cm³/mol. The molecule has 8 heteroatoms. The van der Waals surface area contributed by atoms with Gasteiger partial charge in [-0.15, -0.1) is 0 Å². The van der Waals surface area contributed by atoms with Crippen molar-refractivity contribution in [2.24, 2.45) is 0 Å². The molecular formula is C25H17BrO7. The normalized spacial score (nSPS) is 21.9. The van der Waals surface area contributed by atoms with Crippen LogP contribution < -0.4 is 9.47 Å². The summed E-state index contributed by atoms with van der Waals surface area (Å²) in [4.78, 5) is 38.7. The summed E-state index contributed by atoms with van der Waals surface area (Å²) in [6.07, 6.45) is 2.75. The maximum atomic E-state index is 13.4. The van der Waals surface area contributed by atoms with E-state index in [1.807, 2.05) is 18.2 Å². The number of hydrogen-bond donors (Lipinski definition) is 2. The van der Waals surface area contributed by atoms with E-state index in [-0.39, 0.29) is 51.0 Å². The van der Waals surface area contributed by atoms with E-state index in [4.69, 9.17) is 9.47 Å². The van der Waals surface area contributed by atoms with Crippen molar-refractivity contribution in [2.45, 2.75) is 26.2 Å². The number of phenols is 1. The van der Waals surface area contributed by atoms with E-state index in [2.05, 4.69) is 15.9 Å². The summed E-state index contributed by atoms with van der Waals surface area (Å²) < 4.78 is 12.5. The Morgan fingerprint density at radius 1 is 1.15 bits per heavy atom. The Bertz CT molecular complexity index is 1430. The molecule has 166 valence electrons. The van der Waals surface area contributed by atoms with E-state index in [1.54, 1.807) is 19.1 Å². The van der Waals surface area contributed by atoms with E-state index in [0.717, 1.165) is 10.0 Å². The topological polar surface area (TPSA) is 110 Å². The molecule has 2 aliphatic heterocycles. The molecule has 0 saturated heterocycles. The fourth-order valence-corrected chi connectivity index (χ4v) is 4.89. The smallest absolute Gasteiger partial charge is 0.235 e. The molecule has 0 radical (unpaired) electrons. The van der Waals surface area contributed by atoms with Crippen molar-refractivity contribution in [1.29, 1.82) is 0 Å². The first kappa shape index (κ1) is 21.2. The van der Waals surface area contributed by atoms with Crippen molar-refractivity contribution >= 4 is 39.4 Å². The highest BCUT2D eigenvalue weighted by Gasteiger charge is 2.56. The van der Waals surface area contributed by atoms with Crippen LogP contribution in [0.4, 0.5) is 0 Å². The lowest BCUT2D eigenvalue weighted by Crippen LogP contribution is -2.38. The van der Waals surface area contributed by atoms with E-state index in [1.165, 1.54) is 19.9 Å². The third-order valence-corrected chi connectivity index (χ3v) is 6.68. The molecule has 7 nitrogen and oxygen atoms in total. The van der Waals surface area contributed by atoms with Crippen LogP contribution in [0, 0.1) is 6.92 Å². The average Bonchev–Trinajstić information content (AvgIpc) is 3.21. The van der Waals surface area contributed by atoms with Gasteiger partial charge in [0.05, 0.1) is 5.56 Å². The summed E-state index contributed by atoms with van der Waals surface area (Å²) in [5.74, 6) is -2.41. The number of ether oxygens (including phenoxy) is 2. The monoisotopic (exact) mass is 508 g/mol. The number of Topliss-reactive ketones (excluding diaryl/α,β-unsaturated/α-hetero) is 3. The molecular weight excluding hydrogens is 492 g/mol. The van der Waals surface area contributed by atoms with Crippen molar-refractivity contribution in [3.8, 4) is 17.2 Å². The van der Waals surface area contributed by atoms with Gasteiger partial charge in [0.25, 0.3) is 0 Å². The molecule has 0 saturated carbocycles. The second-order valence-electron chi connectivity index (χ2n) is 8.26. The predicted octanol–water partition coefficient (Wildman–Crippen LogP) is 4.60. The molecule has 1 atom stereocenters. The van der Waals surface area contributed by atoms with Gasteiger partial charge in [0, 0.05) is 16.1 Å². The maximum Gasteiger partial charge on any atom is 0.235 e. The number of carbonyl (C=O) groups excluding carboxylic acids is 3. The van der Waals surface area contributed by atoms with Crippen molar-refractivity contribution in [3.05, 3.63) is 79.9 Å². The van der Waals surface area contributed by atoms with Crippen LogP contribution in [-0.2, 0) is 15.0 Å². The number of carbonyl (C=O) groups is 3. The summed E-state index contributed by atoms with van der Waals surface area (Å²) >= 11 is 3.39. The number of ketones is 3. The molecule has 0 amide bonds. The number of rotatable bonds is 2. The number of allylic oxidation sites excluding steroid dienone is 4. The Kier molecular flexibility index (Phi) is 4.45. The standard InChI is InChI=1S/C25H17BrO7/c1-10-20(29)19-23(33-16-9-14(28)17(11(2)27)24(31)25(16,19)3)18-21(30)15(32-22(10)18)8-12-5-4-6-13(26)7-12/h4-9,28-29H,1-3H3/b15-8-/t25-/m0/s1. The SMILES string of the molecule is CC(=O)C1=C(O)C=C2Oc3c4c(c(C)c(O)c3[C@@]2(C)C1=O)O/C(=C\c1cccc(Br)c1)C4=O. The number of halogens is 1. The number of benzene rings is 2. The lowest BCUT2D eigenvalue weighted by Gasteiger charge is -2.27. The number of aliphatic hydroxyl groups is 1. The van der Waals surface area contributed by atoms with Crippen molar-refractivity contribution in [3.63, 3.8) is 0 Å². The molecule has 0 unspecified atom stereocenters. The van der Waals surface area contributed by atoms with Crippen LogP contribution >= 0.6 is 15.9 Å². The minimum Gasteiger partial charge on any atom is -0.507 e. The minimum absolute atomic E-state index is 0.0181. The minimum atomic E-state index is -1.58. The highest BCUT2D eigenvalue weighted by Crippen LogP contribution is 2.59. The fourth-order valence-electron chi connectivity index (χ4n) is 4.48. The zero-order chi connectivity index (χ0) is 23.8. The van der Waals surface area contributed by atoms with Gasteiger partial charge in [-0.25, -0.2) is 0 Å². The molecule has 0 fully saturated rings. The number of phenolic OH excluding ortho intramolecular Hbond substituents is 1. The van der Waals surface area contributed by atoms with Crippen molar-refractivity contribution in [1.82, 2.24) is 0 Å². The van der Waals surface area contributed by atoms with Gasteiger partial charge in [0.1, 0.15) is 39.6 Å². The van der Waals surface area contributed by atoms with E-state index in [0.29, 0.717) is 0 Å². The first-order chi connectivity index (χ1) is 15.6. The Morgan fingerprint density at radius 3 is 2.55 bits per heavy atom. The van der Waals surface area contributed by atoms with Crippen LogP contribution in [0.15, 0.2) is 57.7 Å². The number of aliphatic hydroxyl groups excluding tert-OH is 1. The Morgan fingerprint density at radius 2 is 1.88 bits per heavy atom. The van der Waals surface area contributed by atoms with Gasteiger partial charge in [-0.1, -0.05) is 28.1 Å². The van der Waals surface area contributed by atoms with Gasteiger partial charge in [0.15, 0.2) is 23.1 Å². The quantitative estimate of drug-likeness (QED) is 0.450. The van der Waals surface area contributed by atoms with E-state index < -0.39 is 28.5 Å². The van der Waals surface area contributed by atoms with E-state index >= 15 is 0 Å². The number of fused-ring (bicyclic) bond motifs is 5. The molecule has 5 rings (SSSR count). The van der Waals surface area contributed by atoms with Crippen LogP contribution in [0.1, 0.15) is 40.9 Å². The second kappa shape index (κ2) is 6.92. The zero-order valence-electron chi connectivity index (χ0n) is 17.8. The fraction of sp³-hybridized carbons (Fsp3) is 0.160. The highest BCUT2D eigenvalue weighted by molar-refractivity contribution is 9.10. The van der Waals surface area contributed by atoms with Crippen LogP contribution in [0.25, 0.3) is 6.08 Å². The third kappa shape index (κ3) is 2.77. The van der Waals surface area contributed by atoms with Gasteiger partial charge in [-0.3, -0.25) is 14.4 Å². The molecule has 3 aliphatic rings. The summed E-state index contributed by atoms with van der Waals surface area (Å²) in [6, 6.07) is 7.29. The number of hydrogen-bond acceptors (Lipinski definition) is 7. The first-order valence-corrected chi connectivity index (χ1v) is 10.8. The summed E-state index contributed by atoms with van der Waals surface area (Å²) in [6.45, 7) is 4.24. The Labute approximate surface area is 196 Å². The largest absolute Gasteiger partial charge is 0.507 e. The molecule has 2 aromatic rings. The first-order valence-electron chi connectivity index (χ1n) is 10.0. The molecule has 0 spiro atoms. The van der Waals surface area contributed by atoms with Crippen LogP contribution in [0.2, 0.25) is 0 Å². The lowest BCUT2D eigenvalue weighted by molar-refractivity contribution is -0.123. The molecule has 1 aliphatic carbocycles. The molecule has 0 bridgehead atoms. The van der Waals surface area contributed by atoms with Crippen molar-refractivity contribution in [2.75, 3.05) is 0 Å². The summed E-state index contributed by atoms with van der Waals surface area (Å²) in [5.41, 5.74) is -0.830. The second-order valence-corrected chi connectivity index (χ2v) is 9.17. The van der Waals surface area contributed by atoms with Crippen LogP contribution in [-0.4, -0.2) is 27.6 Å². The molecule has 2 aromatic carbocycles. The average molecular weight is 509 g/mol. The maximum absolute atomic E-state index is 13.4. The molecule has 2 heterocycles. The van der Waals surface area contributed by atoms with Gasteiger partial charge < -0.3 is 19.7 Å². The van der Waals surface area contributed by atoms with Gasteiger partial charge in [-0.2, -0.15) is 0 Å². The molecule has 2 N–H and O–H groups in total. The molecule has 0 aromatic heterocycles. The van der Waals surface area contributed by atoms with Gasteiger partial charge in [-0.05, 0) is 44.5 Å². The lowest BCUT2D eigenvalue weighted by atomic mass is 9.71.